The van der Waals surface area contributed by atoms with Gasteiger partial charge < -0.3 is 15.5 Å². The first-order chi connectivity index (χ1) is 10.1. The third-order valence-corrected chi connectivity index (χ3v) is 3.42. The maximum Gasteiger partial charge on any atom is 0.340 e. The molecule has 0 saturated carbocycles. The first-order valence-electron chi connectivity index (χ1n) is 6.41. The van der Waals surface area contributed by atoms with Crippen LogP contribution in [-0.4, -0.2) is 11.0 Å². The molecular weight excluding hydrogens is 288 g/mol. The first-order valence-corrected chi connectivity index (χ1v) is 6.79. The molecule has 0 unspecified atom stereocenters. The Morgan fingerprint density at radius 2 is 2.10 bits per heavy atom. The van der Waals surface area contributed by atoms with Crippen LogP contribution in [0.1, 0.15) is 15.9 Å². The maximum atomic E-state index is 12.2. The van der Waals surface area contributed by atoms with Crippen molar-refractivity contribution in [2.45, 2.75) is 6.61 Å². The summed E-state index contributed by atoms with van der Waals surface area (Å²) in [7, 11) is 0. The average Bonchev–Trinajstić information content (AvgIpc) is 2.88. The van der Waals surface area contributed by atoms with Crippen molar-refractivity contribution in [1.29, 1.82) is 0 Å². The Kier molecular flexibility index (Phi) is 3.54. The molecule has 3 rings (SSSR count). The van der Waals surface area contributed by atoms with Gasteiger partial charge in [-0.05, 0) is 35.9 Å². The number of benzene rings is 2. The number of fused-ring (bicyclic) bond motifs is 1. The number of anilines is 1. The number of rotatable bonds is 3. The van der Waals surface area contributed by atoms with E-state index in [-0.39, 0.29) is 12.6 Å². The van der Waals surface area contributed by atoms with E-state index in [1.165, 1.54) is 0 Å². The van der Waals surface area contributed by atoms with Crippen LogP contribution in [0.15, 0.2) is 48.7 Å². The number of nitrogens with two attached hydrogens (primary N) is 1. The van der Waals surface area contributed by atoms with Crippen LogP contribution in [0.3, 0.4) is 0 Å². The van der Waals surface area contributed by atoms with E-state index in [1.807, 2.05) is 12.1 Å². The van der Waals surface area contributed by atoms with Crippen LogP contribution in [0.4, 0.5) is 5.69 Å². The lowest BCUT2D eigenvalue weighted by molar-refractivity contribution is 0.0475. The van der Waals surface area contributed by atoms with Crippen LogP contribution in [0.25, 0.3) is 10.9 Å². The van der Waals surface area contributed by atoms with Crippen molar-refractivity contribution in [3.05, 3.63) is 64.8 Å². The lowest BCUT2D eigenvalue weighted by Crippen LogP contribution is -2.04. The molecule has 0 atom stereocenters. The van der Waals surface area contributed by atoms with Gasteiger partial charge in [-0.15, -0.1) is 0 Å². The molecule has 0 amide bonds. The summed E-state index contributed by atoms with van der Waals surface area (Å²) in [4.78, 5) is 15.2. The number of hydrogen-bond donors (Lipinski definition) is 2. The number of carbonyl (C=O) groups excluding carboxylic acids is 1. The highest BCUT2D eigenvalue weighted by molar-refractivity contribution is 6.30. The van der Waals surface area contributed by atoms with Gasteiger partial charge >= 0.3 is 5.97 Å². The molecule has 2 aromatic carbocycles. The number of hydrogen-bond acceptors (Lipinski definition) is 3. The van der Waals surface area contributed by atoms with Gasteiger partial charge in [0, 0.05) is 27.8 Å². The molecule has 0 spiro atoms. The standard InChI is InChI=1S/C16H13ClN2O2/c17-11-3-1-2-10(6-11)9-21-16(20)14-8-19-15-7-12(18)4-5-13(14)15/h1-8,19H,9,18H2. The monoisotopic (exact) mass is 300 g/mol. The van der Waals surface area contributed by atoms with Gasteiger partial charge in [0.25, 0.3) is 0 Å². The number of aromatic nitrogens is 1. The van der Waals surface area contributed by atoms with Crippen molar-refractivity contribution in [2.75, 3.05) is 5.73 Å². The Labute approximate surface area is 126 Å². The van der Waals surface area contributed by atoms with Crippen molar-refractivity contribution >= 4 is 34.2 Å². The van der Waals surface area contributed by atoms with Gasteiger partial charge in [0.1, 0.15) is 6.61 Å². The molecule has 0 fully saturated rings. The van der Waals surface area contributed by atoms with Crippen LogP contribution in [0.5, 0.6) is 0 Å². The molecule has 21 heavy (non-hydrogen) atoms. The molecule has 3 N–H and O–H groups in total. The Morgan fingerprint density at radius 1 is 1.24 bits per heavy atom. The Balaban J connectivity index is 1.78. The van der Waals surface area contributed by atoms with E-state index < -0.39 is 0 Å². The lowest BCUT2D eigenvalue weighted by atomic mass is 10.1. The molecule has 1 heterocycles. The van der Waals surface area contributed by atoms with Gasteiger partial charge in [-0.3, -0.25) is 0 Å². The predicted octanol–water partition coefficient (Wildman–Crippen LogP) is 3.76. The number of nitrogens with one attached hydrogen (secondary N) is 1. The SMILES string of the molecule is Nc1ccc2c(C(=O)OCc3cccc(Cl)c3)c[nH]c2c1. The van der Waals surface area contributed by atoms with Crippen molar-refractivity contribution in [3.63, 3.8) is 0 Å². The van der Waals surface area contributed by atoms with E-state index in [0.717, 1.165) is 16.5 Å². The Bertz CT molecular complexity index is 811. The molecule has 1 aromatic heterocycles. The van der Waals surface area contributed by atoms with Crippen LogP contribution in [0.2, 0.25) is 5.02 Å². The normalized spacial score (nSPS) is 10.7. The number of carbonyl (C=O) groups is 1. The summed E-state index contributed by atoms with van der Waals surface area (Å²) in [6, 6.07) is 12.6. The predicted molar refractivity (Wildman–Crippen MR) is 83.3 cm³/mol. The maximum absolute atomic E-state index is 12.2. The number of aromatic amines is 1. The summed E-state index contributed by atoms with van der Waals surface area (Å²) < 4.78 is 5.32. The number of halogens is 1. The van der Waals surface area contributed by atoms with Gasteiger partial charge in [0.15, 0.2) is 0 Å². The summed E-state index contributed by atoms with van der Waals surface area (Å²) in [5.74, 6) is -0.383. The second kappa shape index (κ2) is 5.50. The van der Waals surface area contributed by atoms with E-state index in [0.29, 0.717) is 16.3 Å². The largest absolute Gasteiger partial charge is 0.457 e. The van der Waals surface area contributed by atoms with Crippen molar-refractivity contribution in [3.8, 4) is 0 Å². The minimum absolute atomic E-state index is 0.182. The highest BCUT2D eigenvalue weighted by Gasteiger charge is 2.13. The minimum atomic E-state index is -0.383. The molecule has 4 nitrogen and oxygen atoms in total. The third kappa shape index (κ3) is 2.85. The number of H-pyrrole nitrogens is 1. The van der Waals surface area contributed by atoms with Crippen molar-refractivity contribution in [1.82, 2.24) is 4.98 Å². The number of ether oxygens (including phenoxy) is 1. The fraction of sp³-hybridized carbons (Fsp3) is 0.0625. The molecule has 0 aliphatic heterocycles. The van der Waals surface area contributed by atoms with E-state index in [9.17, 15) is 4.79 Å². The summed E-state index contributed by atoms with van der Waals surface area (Å²) >= 11 is 5.90. The van der Waals surface area contributed by atoms with E-state index in [2.05, 4.69) is 4.98 Å². The smallest absolute Gasteiger partial charge is 0.340 e. The number of esters is 1. The van der Waals surface area contributed by atoms with E-state index >= 15 is 0 Å². The molecule has 0 aliphatic rings. The second-order valence-electron chi connectivity index (χ2n) is 4.71. The summed E-state index contributed by atoms with van der Waals surface area (Å²) in [6.45, 7) is 0.182. The third-order valence-electron chi connectivity index (χ3n) is 3.18. The van der Waals surface area contributed by atoms with Crippen LogP contribution in [-0.2, 0) is 11.3 Å². The zero-order chi connectivity index (χ0) is 14.8. The van der Waals surface area contributed by atoms with Crippen LogP contribution < -0.4 is 5.73 Å². The first kappa shape index (κ1) is 13.5. The van der Waals surface area contributed by atoms with Gasteiger partial charge in [-0.25, -0.2) is 4.79 Å². The summed E-state index contributed by atoms with van der Waals surface area (Å²) in [6.07, 6.45) is 1.63. The molecule has 0 bridgehead atoms. The molecular formula is C16H13ClN2O2. The Hall–Kier alpha value is -2.46. The van der Waals surface area contributed by atoms with Gasteiger partial charge in [-0.2, -0.15) is 0 Å². The highest BCUT2D eigenvalue weighted by Crippen LogP contribution is 2.22. The quantitative estimate of drug-likeness (QED) is 0.571. The van der Waals surface area contributed by atoms with Crippen LogP contribution in [0, 0.1) is 0 Å². The molecule has 0 saturated heterocycles. The topological polar surface area (TPSA) is 68.1 Å². The van der Waals surface area contributed by atoms with Crippen molar-refractivity contribution in [2.24, 2.45) is 0 Å². The fourth-order valence-electron chi connectivity index (χ4n) is 2.17. The molecule has 0 radical (unpaired) electrons. The molecule has 106 valence electrons. The summed E-state index contributed by atoms with van der Waals surface area (Å²) in [5.41, 5.74) is 8.50. The fourth-order valence-corrected chi connectivity index (χ4v) is 2.38. The Morgan fingerprint density at radius 3 is 2.90 bits per heavy atom. The second-order valence-corrected chi connectivity index (χ2v) is 5.15. The van der Waals surface area contributed by atoms with E-state index in [1.54, 1.807) is 36.5 Å². The zero-order valence-electron chi connectivity index (χ0n) is 11.1. The average molecular weight is 301 g/mol. The number of nitrogen functional groups attached to an aromatic ring is 1. The van der Waals surface area contributed by atoms with Gasteiger partial charge in [0.05, 0.1) is 5.56 Å². The highest BCUT2D eigenvalue weighted by atomic mass is 35.5. The van der Waals surface area contributed by atoms with Crippen molar-refractivity contribution < 1.29 is 9.53 Å². The van der Waals surface area contributed by atoms with Gasteiger partial charge in [-0.1, -0.05) is 23.7 Å². The molecule has 3 aromatic rings. The van der Waals surface area contributed by atoms with E-state index in [4.69, 9.17) is 22.1 Å². The zero-order valence-corrected chi connectivity index (χ0v) is 11.9. The molecule has 0 aliphatic carbocycles. The van der Waals surface area contributed by atoms with Gasteiger partial charge in [0.2, 0.25) is 0 Å². The van der Waals surface area contributed by atoms with Crippen LogP contribution >= 0.6 is 11.6 Å². The summed E-state index contributed by atoms with van der Waals surface area (Å²) in [5, 5.41) is 1.41. The minimum Gasteiger partial charge on any atom is -0.457 e. The lowest BCUT2D eigenvalue weighted by Gasteiger charge is -2.04. The molecule has 5 heteroatoms.